The van der Waals surface area contributed by atoms with Gasteiger partial charge in [-0.3, -0.25) is 4.79 Å². The number of halogens is 3. The number of aromatic nitrogens is 1. The second kappa shape index (κ2) is 10.3. The summed E-state index contributed by atoms with van der Waals surface area (Å²) < 4.78 is 5.70. The second-order valence-electron chi connectivity index (χ2n) is 6.22. The molecule has 0 saturated heterocycles. The topological polar surface area (TPSA) is 88.5 Å². The molecule has 0 saturated carbocycles. The highest BCUT2D eigenvalue weighted by molar-refractivity contribution is 6.36. The number of carbonyl (C=O) groups is 2. The summed E-state index contributed by atoms with van der Waals surface area (Å²) in [5.74, 6) is -1.44. The summed E-state index contributed by atoms with van der Waals surface area (Å²) in [4.78, 5) is 27.7. The van der Waals surface area contributed by atoms with Gasteiger partial charge in [-0.1, -0.05) is 53.0 Å². The molecule has 0 fully saturated rings. The summed E-state index contributed by atoms with van der Waals surface area (Å²) in [5, 5.41) is 12.8. The third-order valence-electron chi connectivity index (χ3n) is 4.12. The molecule has 0 aliphatic heterocycles. The molecule has 1 amide bonds. The number of rotatable bonds is 7. The number of benzene rings is 2. The van der Waals surface area contributed by atoms with Crippen LogP contribution in [0.4, 0.5) is 0 Å². The SMILES string of the molecule is O=C(O)/C(=C\c1ccc(OCc2c(Cl)cccc2Cl)cc1)NC(=O)c1cccnc1Cl. The van der Waals surface area contributed by atoms with E-state index in [1.165, 1.54) is 24.4 Å². The number of nitrogens with zero attached hydrogens (tertiary/aromatic N) is 1. The van der Waals surface area contributed by atoms with Crippen molar-refractivity contribution in [3.8, 4) is 5.75 Å². The second-order valence-corrected chi connectivity index (χ2v) is 7.39. The molecule has 0 bridgehead atoms. The van der Waals surface area contributed by atoms with E-state index in [1.54, 1.807) is 42.5 Å². The van der Waals surface area contributed by atoms with Crippen LogP contribution in [0.3, 0.4) is 0 Å². The Bertz CT molecular complexity index is 1130. The van der Waals surface area contributed by atoms with Gasteiger partial charge in [-0.2, -0.15) is 0 Å². The summed E-state index contributed by atoms with van der Waals surface area (Å²) in [5.41, 5.74) is 0.956. The first-order chi connectivity index (χ1) is 14.8. The first kappa shape index (κ1) is 22.6. The Morgan fingerprint density at radius 2 is 1.68 bits per heavy atom. The van der Waals surface area contributed by atoms with Gasteiger partial charge in [-0.25, -0.2) is 9.78 Å². The predicted molar refractivity (Wildman–Crippen MR) is 120 cm³/mol. The maximum atomic E-state index is 12.3. The average Bonchev–Trinajstić information content (AvgIpc) is 2.74. The fourth-order valence-corrected chi connectivity index (χ4v) is 3.26. The normalized spacial score (nSPS) is 11.1. The number of amides is 1. The van der Waals surface area contributed by atoms with E-state index in [0.717, 1.165) is 0 Å². The summed E-state index contributed by atoms with van der Waals surface area (Å²) in [6.07, 6.45) is 2.75. The number of hydrogen-bond acceptors (Lipinski definition) is 4. The maximum absolute atomic E-state index is 12.3. The van der Waals surface area contributed by atoms with Crippen LogP contribution in [0, 0.1) is 0 Å². The van der Waals surface area contributed by atoms with Crippen LogP contribution in [-0.4, -0.2) is 22.0 Å². The standard InChI is InChI=1S/C22H15Cl3N2O4/c23-17-4-1-5-18(24)16(17)12-31-14-8-6-13(7-9-14)11-19(22(29)30)27-21(28)15-3-2-10-26-20(15)25/h1-11H,12H2,(H,27,28)(H,29,30)/b19-11+. The van der Waals surface area contributed by atoms with Gasteiger partial charge in [0.05, 0.1) is 5.56 Å². The fourth-order valence-electron chi connectivity index (χ4n) is 2.55. The van der Waals surface area contributed by atoms with E-state index >= 15 is 0 Å². The summed E-state index contributed by atoms with van der Waals surface area (Å²) in [6, 6.07) is 14.8. The molecule has 0 radical (unpaired) electrons. The van der Waals surface area contributed by atoms with Crippen LogP contribution in [0.25, 0.3) is 6.08 Å². The van der Waals surface area contributed by atoms with Crippen LogP contribution in [0.1, 0.15) is 21.5 Å². The van der Waals surface area contributed by atoms with E-state index in [0.29, 0.717) is 26.9 Å². The molecule has 1 heterocycles. The van der Waals surface area contributed by atoms with Crippen molar-refractivity contribution in [1.29, 1.82) is 0 Å². The van der Waals surface area contributed by atoms with Gasteiger partial charge < -0.3 is 15.2 Å². The lowest BCUT2D eigenvalue weighted by Crippen LogP contribution is -2.27. The van der Waals surface area contributed by atoms with Gasteiger partial charge in [-0.15, -0.1) is 0 Å². The van der Waals surface area contributed by atoms with Crippen LogP contribution in [0.15, 0.2) is 66.5 Å². The molecular formula is C22H15Cl3N2O4. The number of ether oxygens (including phenoxy) is 1. The van der Waals surface area contributed by atoms with Crippen LogP contribution in [0.5, 0.6) is 5.75 Å². The molecule has 9 heteroatoms. The first-order valence-electron chi connectivity index (χ1n) is 8.88. The first-order valence-corrected chi connectivity index (χ1v) is 10.0. The van der Waals surface area contributed by atoms with Crippen LogP contribution in [0.2, 0.25) is 15.2 Å². The summed E-state index contributed by atoms with van der Waals surface area (Å²) in [7, 11) is 0. The summed E-state index contributed by atoms with van der Waals surface area (Å²) in [6.45, 7) is 0.177. The maximum Gasteiger partial charge on any atom is 0.352 e. The number of carbonyl (C=O) groups excluding carboxylic acids is 1. The van der Waals surface area contributed by atoms with Crippen molar-refractivity contribution in [2.45, 2.75) is 6.61 Å². The van der Waals surface area contributed by atoms with Crippen molar-refractivity contribution >= 4 is 52.8 Å². The molecule has 0 spiro atoms. The monoisotopic (exact) mass is 476 g/mol. The molecular weight excluding hydrogens is 463 g/mol. The molecule has 0 aliphatic rings. The van der Waals surface area contributed by atoms with Crippen molar-refractivity contribution in [1.82, 2.24) is 10.3 Å². The smallest absolute Gasteiger partial charge is 0.352 e. The molecule has 158 valence electrons. The largest absolute Gasteiger partial charge is 0.489 e. The molecule has 31 heavy (non-hydrogen) atoms. The Kier molecular flexibility index (Phi) is 7.52. The number of nitrogens with one attached hydrogen (secondary N) is 1. The summed E-state index contributed by atoms with van der Waals surface area (Å²) >= 11 is 18.1. The third-order valence-corrected chi connectivity index (χ3v) is 5.13. The average molecular weight is 478 g/mol. The lowest BCUT2D eigenvalue weighted by Gasteiger charge is -2.10. The molecule has 3 aromatic rings. The van der Waals surface area contributed by atoms with Crippen LogP contribution in [-0.2, 0) is 11.4 Å². The number of aliphatic carboxylic acids is 1. The van der Waals surface area contributed by atoms with E-state index in [1.807, 2.05) is 0 Å². The van der Waals surface area contributed by atoms with Crippen molar-refractivity contribution < 1.29 is 19.4 Å². The number of carboxylic acids is 1. The van der Waals surface area contributed by atoms with Gasteiger partial charge in [0, 0.05) is 21.8 Å². The van der Waals surface area contributed by atoms with Crippen molar-refractivity contribution in [2.75, 3.05) is 0 Å². The zero-order valence-electron chi connectivity index (χ0n) is 15.8. The Morgan fingerprint density at radius 1 is 1.00 bits per heavy atom. The fraction of sp³-hybridized carbons (Fsp3) is 0.0455. The molecule has 1 aromatic heterocycles. The van der Waals surface area contributed by atoms with Gasteiger partial charge >= 0.3 is 5.97 Å². The van der Waals surface area contributed by atoms with Gasteiger partial charge in [0.2, 0.25) is 0 Å². The zero-order valence-corrected chi connectivity index (χ0v) is 18.1. The highest BCUT2D eigenvalue weighted by atomic mass is 35.5. The minimum Gasteiger partial charge on any atom is -0.489 e. The molecule has 0 unspecified atom stereocenters. The molecule has 2 aromatic carbocycles. The third kappa shape index (κ3) is 5.98. The molecule has 0 atom stereocenters. The minimum atomic E-state index is -1.30. The van der Waals surface area contributed by atoms with Crippen molar-refractivity contribution in [2.24, 2.45) is 0 Å². The molecule has 3 rings (SSSR count). The lowest BCUT2D eigenvalue weighted by atomic mass is 10.1. The highest BCUT2D eigenvalue weighted by Gasteiger charge is 2.16. The van der Waals surface area contributed by atoms with Gasteiger partial charge in [0.25, 0.3) is 5.91 Å². The number of hydrogen-bond donors (Lipinski definition) is 2. The predicted octanol–water partition coefficient (Wildman–Crippen LogP) is 5.48. The van der Waals surface area contributed by atoms with E-state index in [4.69, 9.17) is 39.5 Å². The van der Waals surface area contributed by atoms with Gasteiger partial charge in [0.15, 0.2) is 0 Å². The molecule has 0 aliphatic carbocycles. The van der Waals surface area contributed by atoms with Crippen molar-refractivity contribution in [3.05, 3.63) is 98.4 Å². The highest BCUT2D eigenvalue weighted by Crippen LogP contribution is 2.26. The van der Waals surface area contributed by atoms with E-state index in [-0.39, 0.29) is 23.0 Å². The van der Waals surface area contributed by atoms with E-state index in [2.05, 4.69) is 10.3 Å². The van der Waals surface area contributed by atoms with E-state index < -0.39 is 11.9 Å². The molecule has 2 N–H and O–H groups in total. The Labute approximate surface area is 193 Å². The number of carboxylic acid groups (broad SMARTS) is 1. The lowest BCUT2D eigenvalue weighted by molar-refractivity contribution is -0.132. The Morgan fingerprint density at radius 3 is 2.29 bits per heavy atom. The number of pyridine rings is 1. The molecule has 6 nitrogen and oxygen atoms in total. The Hall–Kier alpha value is -3.06. The van der Waals surface area contributed by atoms with Crippen LogP contribution < -0.4 is 10.1 Å². The minimum absolute atomic E-state index is 0.0233. The zero-order chi connectivity index (χ0) is 22.4. The Balaban J connectivity index is 1.71. The van der Waals surface area contributed by atoms with E-state index in [9.17, 15) is 14.7 Å². The van der Waals surface area contributed by atoms with Crippen LogP contribution >= 0.6 is 34.8 Å². The van der Waals surface area contributed by atoms with Gasteiger partial charge in [0.1, 0.15) is 23.2 Å². The van der Waals surface area contributed by atoms with Crippen molar-refractivity contribution in [3.63, 3.8) is 0 Å². The quantitative estimate of drug-likeness (QED) is 0.348. The van der Waals surface area contributed by atoms with Gasteiger partial charge in [-0.05, 0) is 48.0 Å².